The summed E-state index contributed by atoms with van der Waals surface area (Å²) < 4.78 is 0. The number of carboxylic acids is 1. The van der Waals surface area contributed by atoms with E-state index >= 15 is 0 Å². The lowest BCUT2D eigenvalue weighted by Crippen LogP contribution is -2.32. The first-order chi connectivity index (χ1) is 7.65. The van der Waals surface area contributed by atoms with Crippen molar-refractivity contribution in [2.75, 3.05) is 13.1 Å². The highest BCUT2D eigenvalue weighted by atomic mass is 16.4. The Balaban J connectivity index is 2.77. The van der Waals surface area contributed by atoms with Crippen molar-refractivity contribution in [1.82, 2.24) is 9.88 Å². The highest BCUT2D eigenvalue weighted by molar-refractivity contribution is 5.69. The van der Waals surface area contributed by atoms with Crippen LogP contribution in [0.4, 0.5) is 0 Å². The van der Waals surface area contributed by atoms with Gasteiger partial charge in [-0.15, -0.1) is 6.58 Å². The molecule has 86 valence electrons. The minimum atomic E-state index is -0.836. The van der Waals surface area contributed by atoms with E-state index in [2.05, 4.69) is 11.6 Å². The minimum absolute atomic E-state index is 0.00206. The molecule has 0 fully saturated rings. The first-order valence-electron chi connectivity index (χ1n) is 5.11. The van der Waals surface area contributed by atoms with Crippen LogP contribution < -0.4 is 0 Å². The van der Waals surface area contributed by atoms with E-state index in [0.717, 1.165) is 5.56 Å². The lowest BCUT2D eigenvalue weighted by molar-refractivity contribution is -0.138. The Bertz CT molecular complexity index is 351. The van der Waals surface area contributed by atoms with Crippen LogP contribution in [0.25, 0.3) is 0 Å². The van der Waals surface area contributed by atoms with Crippen LogP contribution >= 0.6 is 0 Å². The van der Waals surface area contributed by atoms with Crippen LogP contribution in [0.2, 0.25) is 0 Å². The summed E-state index contributed by atoms with van der Waals surface area (Å²) in [6.45, 7) is 6.14. The number of pyridine rings is 1. The molecular formula is C12H16N2O2. The fourth-order valence-electron chi connectivity index (χ4n) is 1.53. The lowest BCUT2D eigenvalue weighted by atomic mass is 10.1. The maximum absolute atomic E-state index is 10.7. The third-order valence-electron chi connectivity index (χ3n) is 2.42. The first-order valence-corrected chi connectivity index (χ1v) is 5.11. The highest BCUT2D eigenvalue weighted by Gasteiger charge is 2.16. The van der Waals surface area contributed by atoms with Crippen molar-refractivity contribution in [3.63, 3.8) is 0 Å². The van der Waals surface area contributed by atoms with Gasteiger partial charge in [0.15, 0.2) is 0 Å². The third-order valence-corrected chi connectivity index (χ3v) is 2.42. The number of nitrogens with zero attached hydrogens (tertiary/aromatic N) is 2. The molecular weight excluding hydrogens is 204 g/mol. The van der Waals surface area contributed by atoms with E-state index in [-0.39, 0.29) is 12.6 Å². The second kappa shape index (κ2) is 6.02. The third kappa shape index (κ3) is 3.47. The monoisotopic (exact) mass is 220 g/mol. The predicted octanol–water partition coefficient (Wildman–Crippen LogP) is 1.72. The van der Waals surface area contributed by atoms with Crippen molar-refractivity contribution in [3.05, 3.63) is 42.7 Å². The van der Waals surface area contributed by atoms with E-state index in [1.165, 1.54) is 0 Å². The summed E-state index contributed by atoms with van der Waals surface area (Å²) in [5.74, 6) is -0.836. The molecule has 4 nitrogen and oxygen atoms in total. The van der Waals surface area contributed by atoms with Crippen LogP contribution in [0.15, 0.2) is 37.2 Å². The molecule has 4 heteroatoms. The summed E-state index contributed by atoms with van der Waals surface area (Å²) in [6.07, 6.45) is 5.16. The van der Waals surface area contributed by atoms with Crippen molar-refractivity contribution in [2.24, 2.45) is 0 Å². The molecule has 0 spiro atoms. The Morgan fingerprint density at radius 2 is 2.50 bits per heavy atom. The molecule has 0 amide bonds. The van der Waals surface area contributed by atoms with Gasteiger partial charge in [-0.3, -0.25) is 14.7 Å². The number of aromatic nitrogens is 1. The number of hydrogen-bond acceptors (Lipinski definition) is 3. The van der Waals surface area contributed by atoms with E-state index in [1.807, 2.05) is 24.0 Å². The van der Waals surface area contributed by atoms with Gasteiger partial charge in [-0.1, -0.05) is 12.1 Å². The average molecular weight is 220 g/mol. The van der Waals surface area contributed by atoms with E-state index in [4.69, 9.17) is 5.11 Å². The number of hydrogen-bond donors (Lipinski definition) is 1. The molecule has 0 aliphatic carbocycles. The number of carboxylic acid groups (broad SMARTS) is 1. The highest BCUT2D eigenvalue weighted by Crippen LogP contribution is 2.18. The summed E-state index contributed by atoms with van der Waals surface area (Å²) in [4.78, 5) is 16.6. The van der Waals surface area contributed by atoms with Gasteiger partial charge in [-0.25, -0.2) is 0 Å². The molecule has 0 saturated heterocycles. The quantitative estimate of drug-likeness (QED) is 0.741. The predicted molar refractivity (Wildman–Crippen MR) is 62.1 cm³/mol. The van der Waals surface area contributed by atoms with E-state index in [0.29, 0.717) is 6.54 Å². The first kappa shape index (κ1) is 12.4. The van der Waals surface area contributed by atoms with Crippen LogP contribution in [0.3, 0.4) is 0 Å². The molecule has 0 aliphatic heterocycles. The van der Waals surface area contributed by atoms with Crippen molar-refractivity contribution in [1.29, 1.82) is 0 Å². The van der Waals surface area contributed by atoms with E-state index < -0.39 is 5.97 Å². The van der Waals surface area contributed by atoms with Gasteiger partial charge < -0.3 is 5.11 Å². The molecule has 1 atom stereocenters. The lowest BCUT2D eigenvalue weighted by Gasteiger charge is -2.26. The van der Waals surface area contributed by atoms with Crippen LogP contribution in [0.5, 0.6) is 0 Å². The fourth-order valence-corrected chi connectivity index (χ4v) is 1.53. The van der Waals surface area contributed by atoms with Crippen molar-refractivity contribution < 1.29 is 9.90 Å². The zero-order valence-corrected chi connectivity index (χ0v) is 9.34. The molecule has 1 unspecified atom stereocenters. The average Bonchev–Trinajstić information content (AvgIpc) is 2.28. The fraction of sp³-hybridized carbons (Fsp3) is 0.333. The van der Waals surface area contributed by atoms with Gasteiger partial charge in [0.1, 0.15) is 0 Å². The summed E-state index contributed by atoms with van der Waals surface area (Å²) in [5.41, 5.74) is 1.01. The molecule has 0 saturated carbocycles. The standard InChI is InChI=1S/C12H16N2O2/c1-3-7-14(9-12(15)16)10(2)11-5-4-6-13-8-11/h3-6,8,10H,1,7,9H2,2H3,(H,15,16). The Morgan fingerprint density at radius 1 is 1.75 bits per heavy atom. The van der Waals surface area contributed by atoms with Crippen molar-refractivity contribution >= 4 is 5.97 Å². The summed E-state index contributed by atoms with van der Waals surface area (Å²) in [7, 11) is 0. The second-order valence-corrected chi connectivity index (χ2v) is 3.57. The molecule has 1 aromatic heterocycles. The summed E-state index contributed by atoms with van der Waals surface area (Å²) >= 11 is 0. The molecule has 0 aromatic carbocycles. The van der Waals surface area contributed by atoms with Gasteiger partial charge in [0, 0.05) is 25.0 Å². The normalized spacial score (nSPS) is 12.4. The topological polar surface area (TPSA) is 53.4 Å². The Morgan fingerprint density at radius 3 is 3.00 bits per heavy atom. The van der Waals surface area contributed by atoms with Gasteiger partial charge in [-0.05, 0) is 18.6 Å². The minimum Gasteiger partial charge on any atom is -0.480 e. The van der Waals surface area contributed by atoms with Crippen LogP contribution in [-0.2, 0) is 4.79 Å². The van der Waals surface area contributed by atoms with Crippen LogP contribution in [0, 0.1) is 0 Å². The number of aliphatic carboxylic acids is 1. The van der Waals surface area contributed by atoms with E-state index in [9.17, 15) is 4.79 Å². The van der Waals surface area contributed by atoms with Crippen molar-refractivity contribution in [2.45, 2.75) is 13.0 Å². The number of rotatable bonds is 6. The molecule has 16 heavy (non-hydrogen) atoms. The molecule has 1 rings (SSSR count). The molecule has 0 aliphatic rings. The zero-order valence-electron chi connectivity index (χ0n) is 9.34. The SMILES string of the molecule is C=CCN(CC(=O)O)C(C)c1cccnc1. The van der Waals surface area contributed by atoms with Gasteiger partial charge in [0.2, 0.25) is 0 Å². The van der Waals surface area contributed by atoms with Crippen LogP contribution in [-0.4, -0.2) is 34.0 Å². The number of carbonyl (C=O) groups is 1. The summed E-state index contributed by atoms with van der Waals surface area (Å²) in [5, 5.41) is 8.81. The Hall–Kier alpha value is -1.68. The molecule has 0 radical (unpaired) electrons. The van der Waals surface area contributed by atoms with Crippen molar-refractivity contribution in [3.8, 4) is 0 Å². The maximum Gasteiger partial charge on any atom is 0.317 e. The maximum atomic E-state index is 10.7. The molecule has 0 bridgehead atoms. The van der Waals surface area contributed by atoms with E-state index in [1.54, 1.807) is 18.5 Å². The zero-order chi connectivity index (χ0) is 12.0. The Labute approximate surface area is 95.2 Å². The largest absolute Gasteiger partial charge is 0.480 e. The smallest absolute Gasteiger partial charge is 0.317 e. The summed E-state index contributed by atoms with van der Waals surface area (Å²) in [6, 6.07) is 3.80. The van der Waals surface area contributed by atoms with Crippen LogP contribution in [0.1, 0.15) is 18.5 Å². The second-order valence-electron chi connectivity index (χ2n) is 3.57. The van der Waals surface area contributed by atoms with Gasteiger partial charge >= 0.3 is 5.97 Å². The van der Waals surface area contributed by atoms with Gasteiger partial charge in [-0.2, -0.15) is 0 Å². The molecule has 1 heterocycles. The molecule has 1 N–H and O–H groups in total. The Kier molecular flexibility index (Phi) is 4.66. The van der Waals surface area contributed by atoms with Gasteiger partial charge in [0.25, 0.3) is 0 Å². The molecule has 1 aromatic rings. The van der Waals surface area contributed by atoms with Gasteiger partial charge in [0.05, 0.1) is 6.54 Å².